The molecule has 4 heteroatoms. The van der Waals surface area contributed by atoms with E-state index in [1.165, 1.54) is 5.56 Å². The third-order valence-corrected chi connectivity index (χ3v) is 3.70. The van der Waals surface area contributed by atoms with Crippen LogP contribution in [-0.2, 0) is 6.54 Å². The number of halogens is 1. The van der Waals surface area contributed by atoms with Gasteiger partial charge in [0, 0.05) is 31.1 Å². The predicted molar refractivity (Wildman–Crippen MR) is 73.3 cm³/mol. The zero-order chi connectivity index (χ0) is 12.8. The van der Waals surface area contributed by atoms with Crippen molar-refractivity contribution in [2.45, 2.75) is 24.8 Å². The van der Waals surface area contributed by atoms with Crippen molar-refractivity contribution in [1.82, 2.24) is 4.90 Å². The molecule has 18 heavy (non-hydrogen) atoms. The monoisotopic (exact) mass is 264 g/mol. The van der Waals surface area contributed by atoms with Gasteiger partial charge in [-0.15, -0.1) is 11.6 Å². The van der Waals surface area contributed by atoms with Crippen LogP contribution in [0.5, 0.6) is 0 Å². The molecule has 96 valence electrons. The minimum Gasteiger partial charge on any atom is -0.404 e. The molecule has 0 saturated carbocycles. The summed E-state index contributed by atoms with van der Waals surface area (Å²) in [6.07, 6.45) is 1.68. The van der Waals surface area contributed by atoms with Gasteiger partial charge in [-0.1, -0.05) is 30.3 Å². The SMILES string of the molecule is ON=C=C1CCN(Cc2ccccc2)CCC1Cl. The van der Waals surface area contributed by atoms with Gasteiger partial charge in [0.25, 0.3) is 0 Å². The first kappa shape index (κ1) is 13.2. The van der Waals surface area contributed by atoms with Crippen molar-refractivity contribution in [3.63, 3.8) is 0 Å². The molecule has 3 nitrogen and oxygen atoms in total. The quantitative estimate of drug-likeness (QED) is 0.386. The van der Waals surface area contributed by atoms with E-state index in [4.69, 9.17) is 16.8 Å². The van der Waals surface area contributed by atoms with Crippen LogP contribution in [0.2, 0.25) is 0 Å². The van der Waals surface area contributed by atoms with Crippen LogP contribution in [0.25, 0.3) is 0 Å². The molecule has 0 radical (unpaired) electrons. The van der Waals surface area contributed by atoms with Crippen LogP contribution in [0.1, 0.15) is 18.4 Å². The molecule has 1 atom stereocenters. The average Bonchev–Trinajstić information content (AvgIpc) is 2.56. The number of nitrogens with zero attached hydrogens (tertiary/aromatic N) is 2. The van der Waals surface area contributed by atoms with Crippen molar-refractivity contribution in [3.05, 3.63) is 41.5 Å². The summed E-state index contributed by atoms with van der Waals surface area (Å²) >= 11 is 6.24. The smallest absolute Gasteiger partial charge is 0.0648 e. The van der Waals surface area contributed by atoms with Gasteiger partial charge in [0.05, 0.1) is 5.38 Å². The summed E-state index contributed by atoms with van der Waals surface area (Å²) in [4.78, 5) is 2.37. The average molecular weight is 265 g/mol. The summed E-state index contributed by atoms with van der Waals surface area (Å²) in [6, 6.07) is 10.4. The zero-order valence-electron chi connectivity index (χ0n) is 10.2. The number of alkyl halides is 1. The minimum atomic E-state index is -0.0679. The van der Waals surface area contributed by atoms with Gasteiger partial charge in [0.2, 0.25) is 0 Å². The number of benzene rings is 1. The van der Waals surface area contributed by atoms with E-state index in [0.717, 1.165) is 38.0 Å². The molecular formula is C14H17ClN2O. The Balaban J connectivity index is 1.99. The number of likely N-dealkylation sites (tertiary alicyclic amines) is 1. The molecule has 1 heterocycles. The maximum absolute atomic E-state index is 8.55. The summed E-state index contributed by atoms with van der Waals surface area (Å²) in [6.45, 7) is 2.82. The largest absolute Gasteiger partial charge is 0.404 e. The number of hydrogen-bond acceptors (Lipinski definition) is 3. The van der Waals surface area contributed by atoms with Crippen LogP contribution in [0.3, 0.4) is 0 Å². The predicted octanol–water partition coefficient (Wildman–Crippen LogP) is 2.88. The molecule has 2 rings (SSSR count). The maximum Gasteiger partial charge on any atom is 0.0648 e. The number of rotatable bonds is 2. The van der Waals surface area contributed by atoms with Crippen LogP contribution in [-0.4, -0.2) is 34.4 Å². The fourth-order valence-corrected chi connectivity index (χ4v) is 2.46. The van der Waals surface area contributed by atoms with Crippen LogP contribution in [0.4, 0.5) is 0 Å². The lowest BCUT2D eigenvalue weighted by molar-refractivity contribution is 0.279. The van der Waals surface area contributed by atoms with Crippen molar-refractivity contribution >= 4 is 17.5 Å². The first-order chi connectivity index (χ1) is 8.79. The molecule has 0 aromatic heterocycles. The summed E-state index contributed by atoms with van der Waals surface area (Å²) < 4.78 is 0. The second-order valence-corrected chi connectivity index (χ2v) is 5.03. The Bertz CT molecular complexity index is 440. The first-order valence-electron chi connectivity index (χ1n) is 6.16. The fraction of sp³-hybridized carbons (Fsp3) is 0.429. The van der Waals surface area contributed by atoms with Crippen molar-refractivity contribution < 1.29 is 5.21 Å². The van der Waals surface area contributed by atoms with Crippen LogP contribution in [0.15, 0.2) is 41.1 Å². The lowest BCUT2D eigenvalue weighted by Crippen LogP contribution is -2.24. The van der Waals surface area contributed by atoms with Crippen LogP contribution >= 0.6 is 11.6 Å². The molecule has 1 unspecified atom stereocenters. The van der Waals surface area contributed by atoms with Gasteiger partial charge in [-0.2, -0.15) is 0 Å². The summed E-state index contributed by atoms with van der Waals surface area (Å²) in [5, 5.41) is 11.5. The van der Waals surface area contributed by atoms with Crippen LogP contribution < -0.4 is 0 Å². The molecule has 1 aliphatic rings. The highest BCUT2D eigenvalue weighted by Crippen LogP contribution is 2.21. The van der Waals surface area contributed by atoms with Crippen molar-refractivity contribution in [1.29, 1.82) is 0 Å². The van der Waals surface area contributed by atoms with Gasteiger partial charge < -0.3 is 5.21 Å². The Morgan fingerprint density at radius 1 is 1.33 bits per heavy atom. The summed E-state index contributed by atoms with van der Waals surface area (Å²) in [7, 11) is 0. The molecule has 0 aliphatic carbocycles. The van der Waals surface area contributed by atoms with Crippen molar-refractivity contribution in [2.75, 3.05) is 13.1 Å². The van der Waals surface area contributed by atoms with Gasteiger partial charge in [-0.05, 0) is 23.6 Å². The molecule has 1 fully saturated rings. The molecule has 0 amide bonds. The van der Waals surface area contributed by atoms with Gasteiger partial charge >= 0.3 is 0 Å². The molecule has 1 aromatic rings. The van der Waals surface area contributed by atoms with E-state index in [1.54, 1.807) is 0 Å². The van der Waals surface area contributed by atoms with E-state index in [0.29, 0.717) is 0 Å². The van der Waals surface area contributed by atoms with E-state index in [1.807, 2.05) is 6.07 Å². The Labute approximate surface area is 112 Å². The van der Waals surface area contributed by atoms with E-state index < -0.39 is 0 Å². The van der Waals surface area contributed by atoms with Crippen molar-refractivity contribution in [3.8, 4) is 0 Å². The molecule has 0 spiro atoms. The van der Waals surface area contributed by atoms with E-state index >= 15 is 0 Å². The zero-order valence-corrected chi connectivity index (χ0v) is 11.0. The second kappa shape index (κ2) is 6.60. The van der Waals surface area contributed by atoms with E-state index in [2.05, 4.69) is 40.2 Å². The summed E-state index contributed by atoms with van der Waals surface area (Å²) in [5.41, 5.74) is 2.21. The van der Waals surface area contributed by atoms with Gasteiger partial charge in [0.15, 0.2) is 0 Å². The maximum atomic E-state index is 8.55. The van der Waals surface area contributed by atoms with Gasteiger partial charge in [0.1, 0.15) is 0 Å². The third-order valence-electron chi connectivity index (χ3n) is 3.22. The van der Waals surface area contributed by atoms with Crippen LogP contribution in [0, 0.1) is 0 Å². The topological polar surface area (TPSA) is 35.8 Å². The Kier molecular flexibility index (Phi) is 4.82. The Morgan fingerprint density at radius 2 is 2.11 bits per heavy atom. The molecule has 1 N–H and O–H groups in total. The lowest BCUT2D eigenvalue weighted by Gasteiger charge is -2.19. The Morgan fingerprint density at radius 3 is 2.83 bits per heavy atom. The number of hydrogen-bond donors (Lipinski definition) is 1. The molecular weight excluding hydrogens is 248 g/mol. The van der Waals surface area contributed by atoms with E-state index in [-0.39, 0.29) is 5.38 Å². The van der Waals surface area contributed by atoms with E-state index in [9.17, 15) is 0 Å². The molecule has 0 bridgehead atoms. The van der Waals surface area contributed by atoms with Crippen molar-refractivity contribution in [2.24, 2.45) is 5.16 Å². The highest BCUT2D eigenvalue weighted by molar-refractivity contribution is 6.23. The first-order valence-corrected chi connectivity index (χ1v) is 6.59. The minimum absolute atomic E-state index is 0.0679. The normalized spacial score (nSPS) is 21.2. The second-order valence-electron chi connectivity index (χ2n) is 4.50. The molecule has 1 saturated heterocycles. The van der Waals surface area contributed by atoms with Gasteiger partial charge in [-0.25, -0.2) is 0 Å². The Hall–Kier alpha value is -1.28. The lowest BCUT2D eigenvalue weighted by atomic mass is 10.1. The standard InChI is InChI=1S/C14H17ClN2O/c15-14-7-9-17(8-6-13(14)10-16-18)11-12-4-2-1-3-5-12/h1-5,14,18H,6-9,11H2. The molecule has 1 aliphatic heterocycles. The third kappa shape index (κ3) is 3.61. The fourth-order valence-electron chi connectivity index (χ4n) is 2.21. The highest BCUT2D eigenvalue weighted by atomic mass is 35.5. The van der Waals surface area contributed by atoms with Gasteiger partial charge in [-0.3, -0.25) is 4.90 Å². The molecule has 1 aromatic carbocycles. The highest BCUT2D eigenvalue weighted by Gasteiger charge is 2.19. The summed E-state index contributed by atoms with van der Waals surface area (Å²) in [5.74, 6) is 2.60.